The largest absolute Gasteiger partial charge is 0.398 e. The van der Waals surface area contributed by atoms with Gasteiger partial charge in [-0.15, -0.1) is 0 Å². The predicted octanol–water partition coefficient (Wildman–Crippen LogP) is 3.65. The molecule has 0 bridgehead atoms. The summed E-state index contributed by atoms with van der Waals surface area (Å²) >= 11 is 0. The highest BCUT2D eigenvalue weighted by atomic mass is 19.1. The molecule has 0 saturated carbocycles. The maximum atomic E-state index is 13.6. The summed E-state index contributed by atoms with van der Waals surface area (Å²) in [4.78, 5) is 6.58. The van der Waals surface area contributed by atoms with Crippen molar-refractivity contribution in [2.45, 2.75) is 6.42 Å². The molecule has 4 heteroatoms. The fourth-order valence-electron chi connectivity index (χ4n) is 3.00. The quantitative estimate of drug-likeness (QED) is 0.691. The first-order chi connectivity index (χ1) is 10.2. The fourth-order valence-corrected chi connectivity index (χ4v) is 3.00. The monoisotopic (exact) mass is 279 g/mol. The summed E-state index contributed by atoms with van der Waals surface area (Å²) < 4.78 is 13.6. The van der Waals surface area contributed by atoms with E-state index in [4.69, 9.17) is 5.73 Å². The highest BCUT2D eigenvalue weighted by molar-refractivity contribution is 6.00. The Labute approximate surface area is 121 Å². The van der Waals surface area contributed by atoms with Crippen LogP contribution in [0.25, 0.3) is 10.9 Å². The zero-order valence-electron chi connectivity index (χ0n) is 11.4. The molecule has 0 spiro atoms. The second-order valence-electron chi connectivity index (χ2n) is 5.25. The maximum Gasteiger partial charge on any atom is 0.125 e. The summed E-state index contributed by atoms with van der Waals surface area (Å²) in [7, 11) is 0. The van der Waals surface area contributed by atoms with E-state index in [1.807, 2.05) is 30.3 Å². The van der Waals surface area contributed by atoms with Gasteiger partial charge in [-0.25, -0.2) is 4.39 Å². The summed E-state index contributed by atoms with van der Waals surface area (Å²) in [6.45, 7) is 0.828. The van der Waals surface area contributed by atoms with E-state index in [2.05, 4.69) is 9.88 Å². The highest BCUT2D eigenvalue weighted by Crippen LogP contribution is 2.39. The van der Waals surface area contributed by atoms with Gasteiger partial charge in [0.05, 0.1) is 11.2 Å². The standard InChI is InChI=1S/C17H14FN3/c18-12-4-3-11-7-9-21(16(11)10-12)15-6-5-14(19)13-2-1-8-20-17(13)15/h1-6,8,10H,7,9,19H2. The molecule has 1 aliphatic heterocycles. The normalized spacial score (nSPS) is 13.7. The number of hydrogen-bond acceptors (Lipinski definition) is 3. The van der Waals surface area contributed by atoms with Crippen molar-refractivity contribution in [3.63, 3.8) is 0 Å². The van der Waals surface area contributed by atoms with E-state index in [0.29, 0.717) is 5.69 Å². The number of nitrogens with two attached hydrogens (primary N) is 1. The minimum Gasteiger partial charge on any atom is -0.398 e. The van der Waals surface area contributed by atoms with E-state index in [0.717, 1.165) is 40.8 Å². The van der Waals surface area contributed by atoms with E-state index in [-0.39, 0.29) is 5.82 Å². The molecule has 0 amide bonds. The molecule has 3 nitrogen and oxygen atoms in total. The Balaban J connectivity index is 1.94. The van der Waals surface area contributed by atoms with Crippen LogP contribution < -0.4 is 10.6 Å². The summed E-state index contributed by atoms with van der Waals surface area (Å²) in [5, 5.41) is 0.930. The Morgan fingerprint density at radius 1 is 1.10 bits per heavy atom. The van der Waals surface area contributed by atoms with Crippen LogP contribution in [0.15, 0.2) is 48.7 Å². The third-order valence-electron chi connectivity index (χ3n) is 4.02. The number of pyridine rings is 1. The Hall–Kier alpha value is -2.62. The first-order valence-electron chi connectivity index (χ1n) is 6.93. The SMILES string of the molecule is Nc1ccc(N2CCc3ccc(F)cc32)c2ncccc12. The van der Waals surface area contributed by atoms with Crippen LogP contribution in [0.4, 0.5) is 21.5 Å². The number of nitrogen functional groups attached to an aromatic ring is 1. The van der Waals surface area contributed by atoms with Crippen LogP contribution in [0, 0.1) is 5.82 Å². The molecule has 0 radical (unpaired) electrons. The van der Waals surface area contributed by atoms with Gasteiger partial charge in [-0.1, -0.05) is 6.07 Å². The zero-order valence-corrected chi connectivity index (χ0v) is 11.4. The molecule has 0 saturated heterocycles. The van der Waals surface area contributed by atoms with E-state index >= 15 is 0 Å². The van der Waals surface area contributed by atoms with E-state index in [1.54, 1.807) is 12.3 Å². The van der Waals surface area contributed by atoms with Crippen molar-refractivity contribution >= 4 is 28.0 Å². The lowest BCUT2D eigenvalue weighted by molar-refractivity contribution is 0.628. The Kier molecular flexibility index (Phi) is 2.57. The van der Waals surface area contributed by atoms with Crippen molar-refractivity contribution in [1.29, 1.82) is 0 Å². The molecule has 0 unspecified atom stereocenters. The molecule has 3 aromatic rings. The molecule has 2 N–H and O–H groups in total. The number of anilines is 3. The van der Waals surface area contributed by atoms with Gasteiger partial charge in [0.15, 0.2) is 0 Å². The summed E-state index contributed by atoms with van der Waals surface area (Å²) in [6.07, 6.45) is 2.67. The fraction of sp³-hybridized carbons (Fsp3) is 0.118. The molecular weight excluding hydrogens is 265 g/mol. The van der Waals surface area contributed by atoms with Gasteiger partial charge >= 0.3 is 0 Å². The molecule has 0 atom stereocenters. The average molecular weight is 279 g/mol. The number of hydrogen-bond donors (Lipinski definition) is 1. The van der Waals surface area contributed by atoms with Crippen molar-refractivity contribution in [2.75, 3.05) is 17.2 Å². The second-order valence-corrected chi connectivity index (χ2v) is 5.25. The topological polar surface area (TPSA) is 42.1 Å². The Morgan fingerprint density at radius 2 is 2.00 bits per heavy atom. The minimum absolute atomic E-state index is 0.214. The number of halogens is 1. The maximum absolute atomic E-state index is 13.6. The van der Waals surface area contributed by atoms with E-state index in [9.17, 15) is 4.39 Å². The third kappa shape index (κ3) is 1.83. The smallest absolute Gasteiger partial charge is 0.125 e. The van der Waals surface area contributed by atoms with Crippen molar-refractivity contribution in [2.24, 2.45) is 0 Å². The van der Waals surface area contributed by atoms with Crippen LogP contribution in [0.3, 0.4) is 0 Å². The Morgan fingerprint density at radius 3 is 2.90 bits per heavy atom. The lowest BCUT2D eigenvalue weighted by Crippen LogP contribution is -2.14. The number of nitrogens with zero attached hydrogens (tertiary/aromatic N) is 2. The van der Waals surface area contributed by atoms with Gasteiger partial charge in [-0.3, -0.25) is 4.98 Å². The van der Waals surface area contributed by atoms with Gasteiger partial charge in [0.25, 0.3) is 0 Å². The molecule has 1 aromatic heterocycles. The van der Waals surface area contributed by atoms with Crippen LogP contribution in [-0.2, 0) is 6.42 Å². The van der Waals surface area contributed by atoms with E-state index in [1.165, 1.54) is 6.07 Å². The summed E-state index contributed by atoms with van der Waals surface area (Å²) in [6, 6.07) is 12.7. The van der Waals surface area contributed by atoms with Crippen LogP contribution in [0.2, 0.25) is 0 Å². The van der Waals surface area contributed by atoms with Gasteiger partial charge in [0.1, 0.15) is 5.82 Å². The second kappa shape index (κ2) is 4.45. The summed E-state index contributed by atoms with van der Waals surface area (Å²) in [5.41, 5.74) is 10.7. The minimum atomic E-state index is -0.214. The molecule has 0 fully saturated rings. The molecule has 4 rings (SSSR count). The molecule has 104 valence electrons. The van der Waals surface area contributed by atoms with Crippen LogP contribution >= 0.6 is 0 Å². The van der Waals surface area contributed by atoms with Gasteiger partial charge in [0.2, 0.25) is 0 Å². The van der Waals surface area contributed by atoms with Crippen molar-refractivity contribution in [3.05, 3.63) is 60.0 Å². The number of aromatic nitrogens is 1. The third-order valence-corrected chi connectivity index (χ3v) is 4.02. The molecule has 2 heterocycles. The molecular formula is C17H14FN3. The van der Waals surface area contributed by atoms with Gasteiger partial charge in [-0.2, -0.15) is 0 Å². The number of benzene rings is 2. The van der Waals surface area contributed by atoms with Crippen molar-refractivity contribution < 1.29 is 4.39 Å². The average Bonchev–Trinajstić information content (AvgIpc) is 2.91. The van der Waals surface area contributed by atoms with Crippen LogP contribution in [-0.4, -0.2) is 11.5 Å². The van der Waals surface area contributed by atoms with E-state index < -0.39 is 0 Å². The van der Waals surface area contributed by atoms with Crippen LogP contribution in [0.5, 0.6) is 0 Å². The van der Waals surface area contributed by atoms with Gasteiger partial charge in [-0.05, 0) is 48.4 Å². The lowest BCUT2D eigenvalue weighted by Gasteiger charge is -2.21. The van der Waals surface area contributed by atoms with Crippen molar-refractivity contribution in [1.82, 2.24) is 4.98 Å². The molecule has 0 aliphatic carbocycles. The Bertz CT molecular complexity index is 845. The highest BCUT2D eigenvalue weighted by Gasteiger charge is 2.23. The first kappa shape index (κ1) is 12.1. The zero-order chi connectivity index (χ0) is 14.4. The molecule has 21 heavy (non-hydrogen) atoms. The number of fused-ring (bicyclic) bond motifs is 2. The molecule has 1 aliphatic rings. The van der Waals surface area contributed by atoms with Gasteiger partial charge < -0.3 is 10.6 Å². The predicted molar refractivity (Wildman–Crippen MR) is 83.3 cm³/mol. The lowest BCUT2D eigenvalue weighted by atomic mass is 10.1. The van der Waals surface area contributed by atoms with Gasteiger partial charge in [0, 0.05) is 29.5 Å². The van der Waals surface area contributed by atoms with Crippen molar-refractivity contribution in [3.8, 4) is 0 Å². The first-order valence-corrected chi connectivity index (χ1v) is 6.93. The van der Waals surface area contributed by atoms with Crippen LogP contribution in [0.1, 0.15) is 5.56 Å². The molecule has 2 aromatic carbocycles. The summed E-state index contributed by atoms with van der Waals surface area (Å²) in [5.74, 6) is -0.214. The number of rotatable bonds is 1.